The Balaban J connectivity index is 2.41. The van der Waals surface area contributed by atoms with E-state index in [1.807, 2.05) is 0 Å². The van der Waals surface area contributed by atoms with E-state index in [0.29, 0.717) is 0 Å². The van der Waals surface area contributed by atoms with Crippen molar-refractivity contribution in [2.45, 2.75) is 18.0 Å². The van der Waals surface area contributed by atoms with Gasteiger partial charge in [-0.1, -0.05) is 0 Å². The number of nitrogens with zero attached hydrogens (tertiary/aromatic N) is 1. The van der Waals surface area contributed by atoms with Gasteiger partial charge in [0.1, 0.15) is 0 Å². The summed E-state index contributed by atoms with van der Waals surface area (Å²) < 4.78 is 37.8. The highest BCUT2D eigenvalue weighted by Crippen LogP contribution is 2.36. The zero-order valence-electron chi connectivity index (χ0n) is 9.17. The van der Waals surface area contributed by atoms with E-state index >= 15 is 0 Å². The molecule has 18 heavy (non-hydrogen) atoms. The van der Waals surface area contributed by atoms with Gasteiger partial charge in [-0.2, -0.15) is 13.2 Å². The molecule has 0 bridgehead atoms. The summed E-state index contributed by atoms with van der Waals surface area (Å²) in [6, 6.07) is 2.91. The fourth-order valence-corrected chi connectivity index (χ4v) is 2.12. The van der Waals surface area contributed by atoms with Gasteiger partial charge in [-0.15, -0.1) is 11.6 Å². The maximum Gasteiger partial charge on any atom is 0.416 e. The standard InChI is InChI=1S/C11H10ClF3N2O/c12-7-4-10(18)17(5-7)9-3-6(11(13,14)15)1-2-8(9)16/h1-3,7H,4-5,16H2. The lowest BCUT2D eigenvalue weighted by Crippen LogP contribution is -2.26. The van der Waals surface area contributed by atoms with Crippen LogP contribution in [0.15, 0.2) is 18.2 Å². The molecular formula is C11H10ClF3N2O. The smallest absolute Gasteiger partial charge is 0.397 e. The number of carbonyl (C=O) groups is 1. The highest BCUT2D eigenvalue weighted by atomic mass is 35.5. The van der Waals surface area contributed by atoms with E-state index in [0.717, 1.165) is 18.2 Å². The lowest BCUT2D eigenvalue weighted by molar-refractivity contribution is -0.137. The number of carbonyl (C=O) groups excluding carboxylic acids is 1. The second kappa shape index (κ2) is 4.35. The monoisotopic (exact) mass is 278 g/mol. The van der Waals surface area contributed by atoms with Crippen molar-refractivity contribution in [3.8, 4) is 0 Å². The number of benzene rings is 1. The highest BCUT2D eigenvalue weighted by molar-refractivity contribution is 6.24. The molecule has 0 aliphatic carbocycles. The summed E-state index contributed by atoms with van der Waals surface area (Å²) in [4.78, 5) is 12.8. The molecule has 0 spiro atoms. The minimum Gasteiger partial charge on any atom is -0.397 e. The van der Waals surface area contributed by atoms with Crippen molar-refractivity contribution in [2.75, 3.05) is 17.2 Å². The molecular weight excluding hydrogens is 269 g/mol. The van der Waals surface area contributed by atoms with E-state index in [-0.39, 0.29) is 30.2 Å². The molecule has 2 N–H and O–H groups in total. The van der Waals surface area contributed by atoms with Crippen molar-refractivity contribution in [1.29, 1.82) is 0 Å². The van der Waals surface area contributed by atoms with Gasteiger partial charge in [0.15, 0.2) is 0 Å². The Morgan fingerprint density at radius 2 is 2.06 bits per heavy atom. The minimum absolute atomic E-state index is 0.0676. The minimum atomic E-state index is -4.47. The number of nitrogen functional groups attached to an aromatic ring is 1. The molecule has 3 nitrogen and oxygen atoms in total. The van der Waals surface area contributed by atoms with Gasteiger partial charge in [-0.3, -0.25) is 4.79 Å². The summed E-state index contributed by atoms with van der Waals surface area (Å²) in [5.74, 6) is -0.318. The van der Waals surface area contributed by atoms with Crippen LogP contribution >= 0.6 is 11.6 Å². The number of amides is 1. The quantitative estimate of drug-likeness (QED) is 0.634. The van der Waals surface area contributed by atoms with Crippen LogP contribution in [0.4, 0.5) is 24.5 Å². The van der Waals surface area contributed by atoms with E-state index in [4.69, 9.17) is 17.3 Å². The zero-order chi connectivity index (χ0) is 13.5. The summed E-state index contributed by atoms with van der Waals surface area (Å²) >= 11 is 5.81. The Morgan fingerprint density at radius 1 is 1.39 bits per heavy atom. The van der Waals surface area contributed by atoms with Gasteiger partial charge in [-0.05, 0) is 18.2 Å². The topological polar surface area (TPSA) is 46.3 Å². The van der Waals surface area contributed by atoms with E-state index in [9.17, 15) is 18.0 Å². The Morgan fingerprint density at radius 3 is 2.56 bits per heavy atom. The van der Waals surface area contributed by atoms with Crippen LogP contribution in [-0.4, -0.2) is 17.8 Å². The second-order valence-corrected chi connectivity index (χ2v) is 4.69. The van der Waals surface area contributed by atoms with E-state index in [1.54, 1.807) is 0 Å². The van der Waals surface area contributed by atoms with E-state index in [1.165, 1.54) is 4.90 Å². The predicted octanol–water partition coefficient (Wildman–Crippen LogP) is 2.63. The molecule has 1 unspecified atom stereocenters. The number of hydrogen-bond donors (Lipinski definition) is 1. The second-order valence-electron chi connectivity index (χ2n) is 4.08. The van der Waals surface area contributed by atoms with Crippen LogP contribution < -0.4 is 10.6 Å². The van der Waals surface area contributed by atoms with Crippen LogP contribution in [0.1, 0.15) is 12.0 Å². The summed E-state index contributed by atoms with van der Waals surface area (Å²) in [5, 5.41) is -0.397. The molecule has 0 radical (unpaired) electrons. The number of alkyl halides is 4. The van der Waals surface area contributed by atoms with Crippen molar-refractivity contribution in [2.24, 2.45) is 0 Å². The summed E-state index contributed by atoms with van der Waals surface area (Å²) in [5.41, 5.74) is 4.97. The van der Waals surface area contributed by atoms with Gasteiger partial charge in [-0.25, -0.2) is 0 Å². The van der Waals surface area contributed by atoms with Crippen molar-refractivity contribution in [1.82, 2.24) is 0 Å². The number of halogens is 4. The van der Waals surface area contributed by atoms with Crippen LogP contribution in [0.2, 0.25) is 0 Å². The number of anilines is 2. The van der Waals surface area contributed by atoms with Gasteiger partial charge in [0.2, 0.25) is 5.91 Å². The Labute approximate surface area is 106 Å². The maximum absolute atomic E-state index is 12.6. The molecule has 1 aliphatic rings. The first-order chi connectivity index (χ1) is 8.29. The molecule has 1 atom stereocenters. The first-order valence-electron chi connectivity index (χ1n) is 5.20. The van der Waals surface area contributed by atoms with Crippen molar-refractivity contribution >= 4 is 28.9 Å². The van der Waals surface area contributed by atoms with E-state index in [2.05, 4.69) is 0 Å². The Bertz CT molecular complexity index is 490. The zero-order valence-corrected chi connectivity index (χ0v) is 9.92. The average Bonchev–Trinajstić information content (AvgIpc) is 2.56. The van der Waals surface area contributed by atoms with Gasteiger partial charge < -0.3 is 10.6 Å². The number of nitrogens with two attached hydrogens (primary N) is 1. The molecule has 2 rings (SSSR count). The molecule has 1 aromatic rings. The number of hydrogen-bond acceptors (Lipinski definition) is 2. The van der Waals surface area contributed by atoms with Crippen LogP contribution in [-0.2, 0) is 11.0 Å². The Hall–Kier alpha value is -1.43. The first-order valence-corrected chi connectivity index (χ1v) is 5.64. The van der Waals surface area contributed by atoms with Crippen molar-refractivity contribution in [3.05, 3.63) is 23.8 Å². The largest absolute Gasteiger partial charge is 0.416 e. The van der Waals surface area contributed by atoms with Crippen molar-refractivity contribution in [3.63, 3.8) is 0 Å². The van der Waals surface area contributed by atoms with Gasteiger partial charge in [0, 0.05) is 13.0 Å². The molecule has 1 aliphatic heterocycles. The van der Waals surface area contributed by atoms with Gasteiger partial charge >= 0.3 is 6.18 Å². The molecule has 98 valence electrons. The summed E-state index contributed by atoms with van der Waals surface area (Å²) in [6.45, 7) is 0.173. The summed E-state index contributed by atoms with van der Waals surface area (Å²) in [7, 11) is 0. The molecule has 0 aromatic heterocycles. The first kappa shape index (κ1) is 13.0. The lowest BCUT2D eigenvalue weighted by Gasteiger charge is -2.19. The van der Waals surface area contributed by atoms with Crippen LogP contribution in [0.25, 0.3) is 0 Å². The van der Waals surface area contributed by atoms with Gasteiger partial charge in [0.05, 0.1) is 22.3 Å². The van der Waals surface area contributed by atoms with Crippen LogP contribution in [0.3, 0.4) is 0 Å². The van der Waals surface area contributed by atoms with Gasteiger partial charge in [0.25, 0.3) is 0 Å². The molecule has 1 saturated heterocycles. The molecule has 1 aromatic carbocycles. The van der Waals surface area contributed by atoms with E-state index < -0.39 is 17.1 Å². The third kappa shape index (κ3) is 2.38. The van der Waals surface area contributed by atoms with Crippen molar-refractivity contribution < 1.29 is 18.0 Å². The Kier molecular flexibility index (Phi) is 3.14. The molecule has 1 heterocycles. The third-order valence-electron chi connectivity index (χ3n) is 2.73. The normalized spacial score (nSPS) is 20.6. The predicted molar refractivity (Wildman–Crippen MR) is 62.5 cm³/mol. The highest BCUT2D eigenvalue weighted by Gasteiger charge is 2.34. The fraction of sp³-hybridized carbons (Fsp3) is 0.364. The molecule has 1 amide bonds. The average molecular weight is 279 g/mol. The number of rotatable bonds is 1. The maximum atomic E-state index is 12.6. The molecule has 0 saturated carbocycles. The SMILES string of the molecule is Nc1ccc(C(F)(F)F)cc1N1CC(Cl)CC1=O. The van der Waals surface area contributed by atoms with Crippen LogP contribution in [0, 0.1) is 0 Å². The molecule has 7 heteroatoms. The lowest BCUT2D eigenvalue weighted by atomic mass is 10.1. The summed E-state index contributed by atoms with van der Waals surface area (Å²) in [6.07, 6.45) is -4.36. The fourth-order valence-electron chi connectivity index (χ4n) is 1.85. The third-order valence-corrected chi connectivity index (χ3v) is 3.02. The van der Waals surface area contributed by atoms with Crippen LogP contribution in [0.5, 0.6) is 0 Å². The molecule has 1 fully saturated rings.